The summed E-state index contributed by atoms with van der Waals surface area (Å²) in [6.45, 7) is 10.4. The lowest BCUT2D eigenvalue weighted by Crippen LogP contribution is -2.64. The molecular formula is C27H44O11. The average molecular weight is 545 g/mol. The Balaban J connectivity index is 1.89. The third-order valence-electron chi connectivity index (χ3n) is 6.71. The molecule has 38 heavy (non-hydrogen) atoms. The molecule has 0 aliphatic carbocycles. The summed E-state index contributed by atoms with van der Waals surface area (Å²) in [5.74, 6) is 0. The van der Waals surface area contributed by atoms with Crippen LogP contribution in [0.5, 0.6) is 0 Å². The normalized spacial score (nSPS) is 36.8. The van der Waals surface area contributed by atoms with E-state index in [2.05, 4.69) is 26.2 Å². The van der Waals surface area contributed by atoms with Crippen molar-refractivity contribution in [2.45, 2.75) is 101 Å². The van der Waals surface area contributed by atoms with Crippen molar-refractivity contribution in [1.82, 2.24) is 0 Å². The van der Waals surface area contributed by atoms with Gasteiger partial charge in [-0.15, -0.1) is 0 Å². The van der Waals surface area contributed by atoms with Crippen LogP contribution >= 0.6 is 0 Å². The smallest absolute Gasteiger partial charge is 0.187 e. The molecule has 0 spiro atoms. The van der Waals surface area contributed by atoms with Crippen LogP contribution in [0.4, 0.5) is 0 Å². The number of hydrogen-bond acceptors (Lipinski definition) is 11. The van der Waals surface area contributed by atoms with E-state index in [-0.39, 0.29) is 6.61 Å². The number of hydrogen-bond donors (Lipinski definition) is 7. The van der Waals surface area contributed by atoms with E-state index in [1.165, 1.54) is 5.57 Å². The van der Waals surface area contributed by atoms with Gasteiger partial charge in [-0.1, -0.05) is 48.1 Å². The third kappa shape index (κ3) is 9.04. The molecule has 218 valence electrons. The molecule has 2 saturated heterocycles. The summed E-state index contributed by atoms with van der Waals surface area (Å²) in [4.78, 5) is 0. The highest BCUT2D eigenvalue weighted by Crippen LogP contribution is 2.29. The van der Waals surface area contributed by atoms with E-state index < -0.39 is 74.6 Å². The summed E-state index contributed by atoms with van der Waals surface area (Å²) in [6, 6.07) is 0. The topological polar surface area (TPSA) is 179 Å². The first kappa shape index (κ1) is 32.7. The summed E-state index contributed by atoms with van der Waals surface area (Å²) >= 11 is 0. The maximum atomic E-state index is 10.7. The fourth-order valence-electron chi connectivity index (χ4n) is 4.22. The Morgan fingerprint density at radius 1 is 0.763 bits per heavy atom. The van der Waals surface area contributed by atoms with Gasteiger partial charge in [0.2, 0.25) is 0 Å². The van der Waals surface area contributed by atoms with E-state index in [4.69, 9.17) is 18.9 Å². The standard InChI is InChI=1S/C27H44O11/c1-5-15(2)8-6-9-16(3)10-7-11-17(4)14-35-26-24(34)22(32)25(19(13-29)37-26)38-27-23(33)21(31)20(30)18(12-28)36-27/h5,9,11,18-34H,1-2,6-8,10,12-14H2,3-4H3/b16-9+,17-11+/t18-,19-,20-,21+,22-,23-,24-,25-,26?,27?/m1/s1. The van der Waals surface area contributed by atoms with Crippen LogP contribution in [-0.2, 0) is 18.9 Å². The largest absolute Gasteiger partial charge is 0.394 e. The minimum absolute atomic E-state index is 0.118. The Bertz CT molecular complexity index is 809. The van der Waals surface area contributed by atoms with Crippen molar-refractivity contribution in [3.05, 3.63) is 48.1 Å². The molecule has 0 radical (unpaired) electrons. The highest BCUT2D eigenvalue weighted by Gasteiger charge is 2.50. The van der Waals surface area contributed by atoms with Crippen molar-refractivity contribution >= 4 is 0 Å². The maximum Gasteiger partial charge on any atom is 0.187 e. The molecule has 2 unspecified atom stereocenters. The molecule has 0 bridgehead atoms. The Kier molecular flexibility index (Phi) is 13.7. The van der Waals surface area contributed by atoms with Gasteiger partial charge < -0.3 is 54.7 Å². The minimum Gasteiger partial charge on any atom is -0.394 e. The van der Waals surface area contributed by atoms with Crippen LogP contribution in [0.2, 0.25) is 0 Å². The van der Waals surface area contributed by atoms with Crippen molar-refractivity contribution in [2.75, 3.05) is 19.8 Å². The van der Waals surface area contributed by atoms with Gasteiger partial charge in [0, 0.05) is 0 Å². The quantitative estimate of drug-likeness (QED) is 0.114. The predicted octanol–water partition coefficient (Wildman–Crippen LogP) is -0.178. The van der Waals surface area contributed by atoms with Crippen LogP contribution in [0.15, 0.2) is 48.1 Å². The van der Waals surface area contributed by atoms with E-state index >= 15 is 0 Å². The van der Waals surface area contributed by atoms with Crippen LogP contribution in [0.1, 0.15) is 39.5 Å². The van der Waals surface area contributed by atoms with E-state index in [0.29, 0.717) is 0 Å². The van der Waals surface area contributed by atoms with Gasteiger partial charge in [-0.25, -0.2) is 0 Å². The number of allylic oxidation sites excluding steroid dienone is 5. The molecule has 2 rings (SSSR count). The van der Waals surface area contributed by atoms with Crippen LogP contribution in [0.3, 0.4) is 0 Å². The van der Waals surface area contributed by atoms with Gasteiger partial charge in [0.25, 0.3) is 0 Å². The summed E-state index contributed by atoms with van der Waals surface area (Å²) in [5.41, 5.74) is 3.16. The minimum atomic E-state index is -1.72. The molecular weight excluding hydrogens is 500 g/mol. The van der Waals surface area contributed by atoms with Crippen LogP contribution in [-0.4, -0.2) is 117 Å². The zero-order chi connectivity index (χ0) is 28.4. The molecule has 0 amide bonds. The second kappa shape index (κ2) is 15.9. The van der Waals surface area contributed by atoms with Crippen molar-refractivity contribution in [2.24, 2.45) is 0 Å². The molecule has 11 nitrogen and oxygen atoms in total. The summed E-state index contributed by atoms with van der Waals surface area (Å²) in [5, 5.41) is 70.5. The molecule has 2 heterocycles. The Labute approximate surface area is 223 Å². The SMILES string of the molecule is C=CC(=C)CC/C=C(\C)CC/C=C(\C)COC1O[C@H](CO)[C@@H](OC2O[C@H](CO)[C@@H](O)[C@H](O)[C@H]2O)[C@H](O)[C@H]1O. The first-order valence-corrected chi connectivity index (χ1v) is 12.9. The molecule has 0 saturated carbocycles. The summed E-state index contributed by atoms with van der Waals surface area (Å²) in [7, 11) is 0. The number of aliphatic hydroxyl groups excluding tert-OH is 7. The lowest BCUT2D eigenvalue weighted by atomic mass is 9.97. The first-order chi connectivity index (χ1) is 18.0. The van der Waals surface area contributed by atoms with Crippen molar-refractivity contribution in [3.63, 3.8) is 0 Å². The number of rotatable bonds is 14. The van der Waals surface area contributed by atoms with Crippen molar-refractivity contribution in [1.29, 1.82) is 0 Å². The third-order valence-corrected chi connectivity index (χ3v) is 6.71. The molecule has 2 aliphatic rings. The number of ether oxygens (including phenoxy) is 4. The van der Waals surface area contributed by atoms with E-state index in [9.17, 15) is 35.7 Å². The van der Waals surface area contributed by atoms with Crippen LogP contribution in [0, 0.1) is 0 Å². The Morgan fingerprint density at radius 3 is 1.97 bits per heavy atom. The summed E-state index contributed by atoms with van der Waals surface area (Å²) in [6.07, 6.45) is -5.33. The molecule has 0 aromatic carbocycles. The molecule has 11 heteroatoms. The van der Waals surface area contributed by atoms with Gasteiger partial charge in [0.15, 0.2) is 12.6 Å². The molecule has 2 fully saturated rings. The second-order valence-corrected chi connectivity index (χ2v) is 9.86. The molecule has 7 N–H and O–H groups in total. The van der Waals surface area contributed by atoms with Gasteiger partial charge >= 0.3 is 0 Å². The lowest BCUT2D eigenvalue weighted by molar-refractivity contribution is -0.358. The van der Waals surface area contributed by atoms with Gasteiger partial charge in [0.05, 0.1) is 19.8 Å². The fraction of sp³-hybridized carbons (Fsp3) is 0.704. The second-order valence-electron chi connectivity index (χ2n) is 9.86. The zero-order valence-electron chi connectivity index (χ0n) is 22.1. The van der Waals surface area contributed by atoms with Gasteiger partial charge in [-0.3, -0.25) is 0 Å². The van der Waals surface area contributed by atoms with Crippen molar-refractivity contribution in [3.8, 4) is 0 Å². The van der Waals surface area contributed by atoms with Crippen molar-refractivity contribution < 1.29 is 54.7 Å². The van der Waals surface area contributed by atoms with Crippen LogP contribution < -0.4 is 0 Å². The van der Waals surface area contributed by atoms with Crippen LogP contribution in [0.25, 0.3) is 0 Å². The Hall–Kier alpha value is -1.48. The monoisotopic (exact) mass is 544 g/mol. The van der Waals surface area contributed by atoms with E-state index in [0.717, 1.165) is 36.8 Å². The van der Waals surface area contributed by atoms with Gasteiger partial charge in [0.1, 0.15) is 48.8 Å². The number of aliphatic hydroxyl groups is 7. The first-order valence-electron chi connectivity index (χ1n) is 12.9. The lowest BCUT2D eigenvalue weighted by Gasteiger charge is -2.45. The van der Waals surface area contributed by atoms with Gasteiger partial charge in [-0.2, -0.15) is 0 Å². The summed E-state index contributed by atoms with van der Waals surface area (Å²) < 4.78 is 22.1. The predicted molar refractivity (Wildman–Crippen MR) is 138 cm³/mol. The molecule has 2 aliphatic heterocycles. The van der Waals surface area contributed by atoms with E-state index in [1.54, 1.807) is 6.08 Å². The van der Waals surface area contributed by atoms with E-state index in [1.807, 2.05) is 13.0 Å². The fourth-order valence-corrected chi connectivity index (χ4v) is 4.22. The highest BCUT2D eigenvalue weighted by atomic mass is 16.7. The maximum absolute atomic E-state index is 10.7. The molecule has 0 aromatic heterocycles. The zero-order valence-corrected chi connectivity index (χ0v) is 22.1. The molecule has 10 atom stereocenters. The van der Waals surface area contributed by atoms with Gasteiger partial charge in [-0.05, 0) is 39.5 Å². The highest BCUT2D eigenvalue weighted by molar-refractivity contribution is 5.12. The average Bonchev–Trinajstić information content (AvgIpc) is 2.90. The molecule has 0 aromatic rings. The Morgan fingerprint density at radius 2 is 1.34 bits per heavy atom.